The molecule has 0 heterocycles. The van der Waals surface area contributed by atoms with Crippen LogP contribution in [0.5, 0.6) is 0 Å². The van der Waals surface area contributed by atoms with Crippen LogP contribution in [0.3, 0.4) is 0 Å². The van der Waals surface area contributed by atoms with Crippen LogP contribution in [-0.4, -0.2) is 24.4 Å². The highest BCUT2D eigenvalue weighted by Gasteiger charge is 2.06. The minimum absolute atomic E-state index is 0.331. The van der Waals surface area contributed by atoms with Crippen LogP contribution in [0.25, 0.3) is 0 Å². The molecule has 0 aliphatic carbocycles. The SMILES string of the molecule is CCCCCCCCCCCCC(=O)N(C)CCCC. The van der Waals surface area contributed by atoms with E-state index in [1.54, 1.807) is 0 Å². The van der Waals surface area contributed by atoms with Gasteiger partial charge in [0.05, 0.1) is 0 Å². The van der Waals surface area contributed by atoms with Gasteiger partial charge in [0.25, 0.3) is 0 Å². The number of carbonyl (C=O) groups is 1. The quantitative estimate of drug-likeness (QED) is 0.382. The van der Waals surface area contributed by atoms with Crippen molar-refractivity contribution in [3.8, 4) is 0 Å². The first-order valence-electron chi connectivity index (χ1n) is 8.96. The molecule has 0 aromatic heterocycles. The van der Waals surface area contributed by atoms with E-state index in [2.05, 4.69) is 13.8 Å². The molecule has 0 aliphatic rings. The zero-order chi connectivity index (χ0) is 15.1. The van der Waals surface area contributed by atoms with Gasteiger partial charge < -0.3 is 4.90 Å². The van der Waals surface area contributed by atoms with Gasteiger partial charge in [0.1, 0.15) is 0 Å². The predicted octanol–water partition coefficient (Wildman–Crippen LogP) is 5.56. The third kappa shape index (κ3) is 12.5. The second kappa shape index (κ2) is 14.9. The van der Waals surface area contributed by atoms with Crippen molar-refractivity contribution < 1.29 is 4.79 Å². The number of hydrogen-bond acceptors (Lipinski definition) is 1. The largest absolute Gasteiger partial charge is 0.346 e. The first kappa shape index (κ1) is 19.5. The fourth-order valence-electron chi connectivity index (χ4n) is 2.47. The Kier molecular flexibility index (Phi) is 14.5. The Balaban J connectivity index is 3.24. The number of hydrogen-bond donors (Lipinski definition) is 0. The molecular weight excluding hydrogens is 246 g/mol. The van der Waals surface area contributed by atoms with Crippen molar-refractivity contribution >= 4 is 5.91 Å². The molecule has 0 aromatic rings. The fraction of sp³-hybridized carbons (Fsp3) is 0.944. The van der Waals surface area contributed by atoms with Crippen LogP contribution in [0.2, 0.25) is 0 Å². The van der Waals surface area contributed by atoms with E-state index in [-0.39, 0.29) is 0 Å². The minimum Gasteiger partial charge on any atom is -0.346 e. The molecule has 2 nitrogen and oxygen atoms in total. The van der Waals surface area contributed by atoms with Gasteiger partial charge in [-0.25, -0.2) is 0 Å². The summed E-state index contributed by atoms with van der Waals surface area (Å²) < 4.78 is 0. The number of carbonyl (C=O) groups excluding carboxylic acids is 1. The van der Waals surface area contributed by atoms with Crippen molar-refractivity contribution in [1.82, 2.24) is 4.90 Å². The summed E-state index contributed by atoms with van der Waals surface area (Å²) >= 11 is 0. The molecule has 0 radical (unpaired) electrons. The van der Waals surface area contributed by atoms with Crippen molar-refractivity contribution in [3.05, 3.63) is 0 Å². The number of rotatable bonds is 14. The molecule has 0 unspecified atom stereocenters. The molecule has 1 amide bonds. The zero-order valence-electron chi connectivity index (χ0n) is 14.3. The van der Waals surface area contributed by atoms with Gasteiger partial charge in [-0.3, -0.25) is 4.79 Å². The Bertz CT molecular complexity index is 215. The summed E-state index contributed by atoms with van der Waals surface area (Å²) in [5.41, 5.74) is 0. The monoisotopic (exact) mass is 283 g/mol. The molecule has 120 valence electrons. The summed E-state index contributed by atoms with van der Waals surface area (Å²) in [4.78, 5) is 13.7. The summed E-state index contributed by atoms with van der Waals surface area (Å²) in [6.07, 6.45) is 16.3. The molecule has 0 aromatic carbocycles. The molecule has 0 rings (SSSR count). The van der Waals surface area contributed by atoms with Gasteiger partial charge in [-0.1, -0.05) is 78.1 Å². The highest BCUT2D eigenvalue weighted by atomic mass is 16.2. The van der Waals surface area contributed by atoms with E-state index in [1.807, 2.05) is 11.9 Å². The second-order valence-electron chi connectivity index (χ2n) is 6.10. The Hall–Kier alpha value is -0.530. The minimum atomic E-state index is 0.331. The molecule has 20 heavy (non-hydrogen) atoms. The molecule has 0 saturated heterocycles. The van der Waals surface area contributed by atoms with Crippen molar-refractivity contribution in [1.29, 1.82) is 0 Å². The Morgan fingerprint density at radius 1 is 0.700 bits per heavy atom. The maximum absolute atomic E-state index is 11.8. The van der Waals surface area contributed by atoms with Crippen LogP contribution >= 0.6 is 0 Å². The maximum atomic E-state index is 11.8. The number of nitrogens with zero attached hydrogens (tertiary/aromatic N) is 1. The number of amides is 1. The highest BCUT2D eigenvalue weighted by molar-refractivity contribution is 5.75. The molecule has 0 saturated carbocycles. The van der Waals surface area contributed by atoms with Crippen LogP contribution in [-0.2, 0) is 4.79 Å². The molecule has 0 aliphatic heterocycles. The van der Waals surface area contributed by atoms with E-state index in [4.69, 9.17) is 0 Å². The zero-order valence-corrected chi connectivity index (χ0v) is 14.3. The van der Waals surface area contributed by atoms with E-state index in [9.17, 15) is 4.79 Å². The molecule has 0 bridgehead atoms. The molecule has 0 N–H and O–H groups in total. The summed E-state index contributed by atoms with van der Waals surface area (Å²) in [7, 11) is 1.94. The van der Waals surface area contributed by atoms with Gasteiger partial charge in [-0.05, 0) is 12.8 Å². The van der Waals surface area contributed by atoms with Crippen LogP contribution < -0.4 is 0 Å². The lowest BCUT2D eigenvalue weighted by Crippen LogP contribution is -2.27. The Morgan fingerprint density at radius 3 is 1.65 bits per heavy atom. The Morgan fingerprint density at radius 2 is 1.15 bits per heavy atom. The van der Waals surface area contributed by atoms with Crippen molar-refractivity contribution in [3.63, 3.8) is 0 Å². The van der Waals surface area contributed by atoms with Gasteiger partial charge in [-0.15, -0.1) is 0 Å². The van der Waals surface area contributed by atoms with E-state index in [0.29, 0.717) is 5.91 Å². The summed E-state index contributed by atoms with van der Waals surface area (Å²) in [5.74, 6) is 0.331. The summed E-state index contributed by atoms with van der Waals surface area (Å²) in [6, 6.07) is 0. The molecule has 0 atom stereocenters. The average Bonchev–Trinajstić information content (AvgIpc) is 2.46. The number of unbranched alkanes of at least 4 members (excludes halogenated alkanes) is 10. The first-order valence-corrected chi connectivity index (χ1v) is 8.96. The second-order valence-corrected chi connectivity index (χ2v) is 6.10. The molecule has 0 fully saturated rings. The van der Waals surface area contributed by atoms with E-state index in [1.165, 1.54) is 57.8 Å². The smallest absolute Gasteiger partial charge is 0.222 e. The average molecular weight is 284 g/mol. The standard InChI is InChI=1S/C18H37NO/c1-4-6-8-9-10-11-12-13-14-15-16-18(20)19(3)17-7-5-2/h4-17H2,1-3H3. The van der Waals surface area contributed by atoms with Gasteiger partial charge >= 0.3 is 0 Å². The van der Waals surface area contributed by atoms with Crippen LogP contribution in [0, 0.1) is 0 Å². The summed E-state index contributed by atoms with van der Waals surface area (Å²) in [5, 5.41) is 0. The lowest BCUT2D eigenvalue weighted by atomic mass is 10.1. The lowest BCUT2D eigenvalue weighted by Gasteiger charge is -2.16. The third-order valence-electron chi connectivity index (χ3n) is 4.02. The van der Waals surface area contributed by atoms with Gasteiger partial charge in [0.15, 0.2) is 0 Å². The van der Waals surface area contributed by atoms with Crippen LogP contribution in [0.15, 0.2) is 0 Å². The maximum Gasteiger partial charge on any atom is 0.222 e. The predicted molar refractivity (Wildman–Crippen MR) is 89.0 cm³/mol. The fourth-order valence-corrected chi connectivity index (χ4v) is 2.47. The highest BCUT2D eigenvalue weighted by Crippen LogP contribution is 2.11. The molecule has 0 spiro atoms. The van der Waals surface area contributed by atoms with Gasteiger partial charge in [-0.2, -0.15) is 0 Å². The van der Waals surface area contributed by atoms with Crippen molar-refractivity contribution in [2.24, 2.45) is 0 Å². The molecular formula is C18H37NO. The van der Waals surface area contributed by atoms with E-state index in [0.717, 1.165) is 32.2 Å². The van der Waals surface area contributed by atoms with Crippen molar-refractivity contribution in [2.45, 2.75) is 97.3 Å². The van der Waals surface area contributed by atoms with Crippen LogP contribution in [0.1, 0.15) is 97.3 Å². The van der Waals surface area contributed by atoms with Gasteiger partial charge in [0.2, 0.25) is 5.91 Å². The summed E-state index contributed by atoms with van der Waals surface area (Å²) in [6.45, 7) is 5.36. The molecule has 2 heteroatoms. The van der Waals surface area contributed by atoms with Gasteiger partial charge in [0, 0.05) is 20.0 Å². The normalized spacial score (nSPS) is 10.8. The van der Waals surface area contributed by atoms with Crippen molar-refractivity contribution in [2.75, 3.05) is 13.6 Å². The lowest BCUT2D eigenvalue weighted by molar-refractivity contribution is -0.130. The van der Waals surface area contributed by atoms with E-state index >= 15 is 0 Å². The van der Waals surface area contributed by atoms with E-state index < -0.39 is 0 Å². The third-order valence-corrected chi connectivity index (χ3v) is 4.02. The Labute approximate surface area is 127 Å². The topological polar surface area (TPSA) is 20.3 Å². The first-order chi connectivity index (χ1) is 9.72. The van der Waals surface area contributed by atoms with Crippen LogP contribution in [0.4, 0.5) is 0 Å².